The number of ketones is 1. The number of carbonyl (C=O) groups excluding carboxylic acids is 2. The molecule has 3 aromatic rings. The fourth-order valence-corrected chi connectivity index (χ4v) is 4.21. The van der Waals surface area contributed by atoms with E-state index >= 15 is 0 Å². The highest BCUT2D eigenvalue weighted by Gasteiger charge is 2.46. The van der Waals surface area contributed by atoms with Gasteiger partial charge in [-0.25, -0.2) is 0 Å². The highest BCUT2D eigenvalue weighted by Crippen LogP contribution is 2.42. The third kappa shape index (κ3) is 3.26. The SMILES string of the molecule is O=C1C(=O)N(c2ccccc2)C(c2ccncc2)/C1=C(/O)c1ccc2c(c1)CCCO2. The van der Waals surface area contributed by atoms with Crippen molar-refractivity contribution < 1.29 is 19.4 Å². The minimum atomic E-state index is -0.752. The van der Waals surface area contributed by atoms with E-state index in [1.165, 1.54) is 4.90 Å². The Labute approximate surface area is 179 Å². The van der Waals surface area contributed by atoms with Crippen molar-refractivity contribution in [3.8, 4) is 5.75 Å². The van der Waals surface area contributed by atoms with Gasteiger partial charge in [-0.1, -0.05) is 18.2 Å². The summed E-state index contributed by atoms with van der Waals surface area (Å²) in [7, 11) is 0. The summed E-state index contributed by atoms with van der Waals surface area (Å²) in [5, 5.41) is 11.2. The van der Waals surface area contributed by atoms with Crippen molar-refractivity contribution in [2.75, 3.05) is 11.5 Å². The van der Waals surface area contributed by atoms with E-state index in [0.29, 0.717) is 23.4 Å². The normalized spacial score (nSPS) is 19.7. The number of amides is 1. The van der Waals surface area contributed by atoms with Gasteiger partial charge >= 0.3 is 0 Å². The van der Waals surface area contributed by atoms with Crippen molar-refractivity contribution >= 4 is 23.1 Å². The first kappa shape index (κ1) is 19.1. The molecule has 1 N–H and O–H groups in total. The maximum atomic E-state index is 13.1. The number of nitrogens with zero attached hydrogens (tertiary/aromatic N) is 2. The zero-order valence-electron chi connectivity index (χ0n) is 16.7. The second kappa shape index (κ2) is 7.72. The van der Waals surface area contributed by atoms with Gasteiger partial charge in [-0.2, -0.15) is 0 Å². The average Bonchev–Trinajstić information content (AvgIpc) is 3.10. The number of aryl methyl sites for hydroxylation is 1. The number of hydrogen-bond acceptors (Lipinski definition) is 5. The standard InChI is InChI=1S/C25H20N2O4/c28-23(18-8-9-20-17(15-18)5-4-14-31-20)21-22(16-10-12-26-13-11-16)27(25(30)24(21)29)19-6-2-1-3-7-19/h1-3,6-13,15,22,28H,4-5,14H2/b23-21-. The Hall–Kier alpha value is -3.93. The van der Waals surface area contributed by atoms with E-state index in [1.807, 2.05) is 24.3 Å². The number of benzene rings is 2. The first-order chi connectivity index (χ1) is 15.1. The Kier molecular flexibility index (Phi) is 4.75. The second-order valence-electron chi connectivity index (χ2n) is 7.56. The molecule has 1 atom stereocenters. The van der Waals surface area contributed by atoms with Gasteiger partial charge in [-0.15, -0.1) is 0 Å². The molecule has 31 heavy (non-hydrogen) atoms. The van der Waals surface area contributed by atoms with Crippen molar-refractivity contribution in [2.24, 2.45) is 0 Å². The maximum absolute atomic E-state index is 13.1. The Morgan fingerprint density at radius 1 is 1.03 bits per heavy atom. The van der Waals surface area contributed by atoms with Crippen molar-refractivity contribution in [3.05, 3.63) is 95.3 Å². The fraction of sp³-hybridized carbons (Fsp3) is 0.160. The van der Waals surface area contributed by atoms with Gasteiger partial charge in [-0.05, 0) is 66.4 Å². The molecule has 1 amide bonds. The number of ether oxygens (including phenoxy) is 1. The van der Waals surface area contributed by atoms with Crippen LogP contribution in [-0.4, -0.2) is 28.4 Å². The molecule has 1 aromatic heterocycles. The second-order valence-corrected chi connectivity index (χ2v) is 7.56. The summed E-state index contributed by atoms with van der Waals surface area (Å²) < 4.78 is 5.65. The van der Waals surface area contributed by atoms with Gasteiger partial charge in [0.05, 0.1) is 18.2 Å². The molecule has 1 saturated heterocycles. The molecule has 6 heteroatoms. The molecule has 2 aliphatic rings. The Morgan fingerprint density at radius 3 is 2.58 bits per heavy atom. The number of rotatable bonds is 3. The van der Waals surface area contributed by atoms with Gasteiger partial charge < -0.3 is 9.84 Å². The minimum absolute atomic E-state index is 0.0664. The van der Waals surface area contributed by atoms with Crippen molar-refractivity contribution in [1.82, 2.24) is 4.98 Å². The Bertz CT molecular complexity index is 1190. The molecule has 3 heterocycles. The van der Waals surface area contributed by atoms with Crippen LogP contribution in [0.1, 0.15) is 29.2 Å². The van der Waals surface area contributed by atoms with Crippen LogP contribution in [-0.2, 0) is 16.0 Å². The largest absolute Gasteiger partial charge is 0.507 e. The molecule has 2 aliphatic heterocycles. The van der Waals surface area contributed by atoms with Gasteiger partial charge in [0.15, 0.2) is 0 Å². The number of hydrogen-bond donors (Lipinski definition) is 1. The van der Waals surface area contributed by atoms with Crippen LogP contribution in [0.15, 0.2) is 78.6 Å². The molecular formula is C25H20N2O4. The molecule has 0 saturated carbocycles. The molecule has 6 nitrogen and oxygen atoms in total. The van der Waals surface area contributed by atoms with Crippen LogP contribution in [0.3, 0.4) is 0 Å². The molecule has 0 aliphatic carbocycles. The lowest BCUT2D eigenvalue weighted by Gasteiger charge is -2.25. The lowest BCUT2D eigenvalue weighted by molar-refractivity contribution is -0.132. The van der Waals surface area contributed by atoms with E-state index in [9.17, 15) is 14.7 Å². The van der Waals surface area contributed by atoms with Crippen molar-refractivity contribution in [2.45, 2.75) is 18.9 Å². The van der Waals surface area contributed by atoms with Crippen molar-refractivity contribution in [3.63, 3.8) is 0 Å². The number of para-hydroxylation sites is 1. The lowest BCUT2D eigenvalue weighted by Crippen LogP contribution is -2.29. The Morgan fingerprint density at radius 2 is 1.81 bits per heavy atom. The predicted molar refractivity (Wildman–Crippen MR) is 116 cm³/mol. The van der Waals surface area contributed by atoms with Crippen LogP contribution in [0.25, 0.3) is 5.76 Å². The van der Waals surface area contributed by atoms with Crippen LogP contribution in [0.2, 0.25) is 0 Å². The van der Waals surface area contributed by atoms with Crippen LogP contribution in [0.4, 0.5) is 5.69 Å². The summed E-state index contributed by atoms with van der Waals surface area (Å²) in [5.74, 6) is -0.779. The maximum Gasteiger partial charge on any atom is 0.300 e. The van der Waals surface area contributed by atoms with Crippen LogP contribution in [0.5, 0.6) is 5.75 Å². The van der Waals surface area contributed by atoms with Crippen LogP contribution in [0, 0.1) is 0 Å². The zero-order chi connectivity index (χ0) is 21.4. The molecular weight excluding hydrogens is 392 g/mol. The zero-order valence-corrected chi connectivity index (χ0v) is 16.7. The molecule has 0 spiro atoms. The first-order valence-corrected chi connectivity index (χ1v) is 10.2. The van der Waals surface area contributed by atoms with Crippen LogP contribution >= 0.6 is 0 Å². The van der Waals surface area contributed by atoms with E-state index in [1.54, 1.807) is 48.8 Å². The molecule has 5 rings (SSSR count). The molecule has 1 fully saturated rings. The summed E-state index contributed by atoms with van der Waals surface area (Å²) in [6.07, 6.45) is 4.95. The fourth-order valence-electron chi connectivity index (χ4n) is 4.21. The Balaban J connectivity index is 1.69. The van der Waals surface area contributed by atoms with Gasteiger partial charge in [0.1, 0.15) is 11.5 Å². The van der Waals surface area contributed by atoms with Crippen LogP contribution < -0.4 is 9.64 Å². The van der Waals surface area contributed by atoms with Crippen molar-refractivity contribution in [1.29, 1.82) is 0 Å². The molecule has 1 unspecified atom stereocenters. The molecule has 0 radical (unpaired) electrons. The average molecular weight is 412 g/mol. The number of aliphatic hydroxyl groups excluding tert-OH is 1. The van der Waals surface area contributed by atoms with E-state index in [0.717, 1.165) is 24.2 Å². The quantitative estimate of drug-likeness (QED) is 0.399. The topological polar surface area (TPSA) is 79.7 Å². The third-order valence-electron chi connectivity index (χ3n) is 5.68. The highest BCUT2D eigenvalue weighted by atomic mass is 16.5. The molecule has 0 bridgehead atoms. The predicted octanol–water partition coefficient (Wildman–Crippen LogP) is 4.03. The number of fused-ring (bicyclic) bond motifs is 1. The smallest absolute Gasteiger partial charge is 0.300 e. The number of aromatic nitrogens is 1. The third-order valence-corrected chi connectivity index (χ3v) is 5.68. The van der Waals surface area contributed by atoms with Gasteiger partial charge in [0.25, 0.3) is 11.7 Å². The molecule has 2 aromatic carbocycles. The summed E-state index contributed by atoms with van der Waals surface area (Å²) >= 11 is 0. The first-order valence-electron chi connectivity index (χ1n) is 10.2. The minimum Gasteiger partial charge on any atom is -0.507 e. The van der Waals surface area contributed by atoms with E-state index < -0.39 is 17.7 Å². The number of Topliss-reactive ketones (excluding diaryl/α,β-unsaturated/α-hetero) is 1. The van der Waals surface area contributed by atoms with E-state index in [2.05, 4.69) is 4.98 Å². The number of aliphatic hydroxyl groups is 1. The van der Waals surface area contributed by atoms with Gasteiger partial charge in [-0.3, -0.25) is 19.5 Å². The van der Waals surface area contributed by atoms with E-state index in [-0.39, 0.29) is 11.3 Å². The summed E-state index contributed by atoms with van der Waals surface area (Å²) in [6.45, 7) is 0.669. The van der Waals surface area contributed by atoms with Gasteiger partial charge in [0.2, 0.25) is 0 Å². The lowest BCUT2D eigenvalue weighted by atomic mass is 9.94. The van der Waals surface area contributed by atoms with Gasteiger partial charge in [0, 0.05) is 23.6 Å². The number of carbonyl (C=O) groups is 2. The number of anilines is 1. The summed E-state index contributed by atoms with van der Waals surface area (Å²) in [5.41, 5.74) is 2.82. The summed E-state index contributed by atoms with van der Waals surface area (Å²) in [4.78, 5) is 31.7. The van der Waals surface area contributed by atoms with E-state index in [4.69, 9.17) is 4.74 Å². The molecule has 154 valence electrons. The monoisotopic (exact) mass is 412 g/mol. The number of pyridine rings is 1. The summed E-state index contributed by atoms with van der Waals surface area (Å²) in [6, 6.07) is 17.1. The highest BCUT2D eigenvalue weighted by molar-refractivity contribution is 6.51.